The van der Waals surface area contributed by atoms with Crippen molar-refractivity contribution >= 4 is 17.4 Å². The Morgan fingerprint density at radius 3 is 2.85 bits per heavy atom. The number of nitrogens with one attached hydrogen (secondary N) is 1. The number of ketones is 1. The molecule has 140 valence electrons. The van der Waals surface area contributed by atoms with Crippen LogP contribution in [0.1, 0.15) is 48.9 Å². The molecule has 2 aromatic rings. The fourth-order valence-electron chi connectivity index (χ4n) is 3.82. The van der Waals surface area contributed by atoms with E-state index in [1.54, 1.807) is 42.7 Å². The normalized spacial score (nSPS) is 17.7. The number of ether oxygens (including phenoxy) is 2. The highest BCUT2D eigenvalue weighted by atomic mass is 16.5. The lowest BCUT2D eigenvalue weighted by atomic mass is 9.78. The van der Waals surface area contributed by atoms with E-state index in [1.807, 2.05) is 0 Å². The zero-order valence-corrected chi connectivity index (χ0v) is 15.1. The smallest absolute Gasteiger partial charge is 0.262 e. The highest BCUT2D eigenvalue weighted by Crippen LogP contribution is 2.42. The number of carbonyl (C=O) groups is 2. The summed E-state index contributed by atoms with van der Waals surface area (Å²) in [4.78, 5) is 28.5. The van der Waals surface area contributed by atoms with Gasteiger partial charge < -0.3 is 14.8 Å². The van der Waals surface area contributed by atoms with Crippen molar-refractivity contribution in [2.24, 2.45) is 0 Å². The number of nitrogens with zero attached hydrogens (tertiary/aromatic N) is 1. The van der Waals surface area contributed by atoms with Gasteiger partial charge in [0.05, 0.1) is 23.9 Å². The lowest BCUT2D eigenvalue weighted by Gasteiger charge is -2.40. The molecule has 1 fully saturated rings. The minimum atomic E-state index is -0.362. The van der Waals surface area contributed by atoms with Crippen LogP contribution in [0.25, 0.3) is 0 Å². The third-order valence-electron chi connectivity index (χ3n) is 5.14. The summed E-state index contributed by atoms with van der Waals surface area (Å²) in [6.45, 7) is -0.132. The van der Waals surface area contributed by atoms with E-state index in [4.69, 9.17) is 9.47 Å². The van der Waals surface area contributed by atoms with E-state index >= 15 is 0 Å². The number of pyridine rings is 1. The predicted octanol–water partition coefficient (Wildman–Crippen LogP) is 3.77. The number of amides is 1. The predicted molar refractivity (Wildman–Crippen MR) is 100 cm³/mol. The fourth-order valence-corrected chi connectivity index (χ4v) is 3.82. The van der Waals surface area contributed by atoms with Crippen molar-refractivity contribution in [2.75, 3.05) is 11.9 Å². The number of fused-ring (bicyclic) bond motifs is 1. The molecule has 1 N–H and O–H groups in total. The van der Waals surface area contributed by atoms with E-state index in [0.29, 0.717) is 29.2 Å². The van der Waals surface area contributed by atoms with E-state index in [1.165, 1.54) is 6.42 Å². The van der Waals surface area contributed by atoms with Gasteiger partial charge >= 0.3 is 0 Å². The topological polar surface area (TPSA) is 77.5 Å². The van der Waals surface area contributed by atoms with Crippen molar-refractivity contribution in [1.82, 2.24) is 4.98 Å². The lowest BCUT2D eigenvalue weighted by Crippen LogP contribution is -2.43. The number of Topliss-reactive ketones (excluding diaryl/α,β-unsaturated/α-hetero) is 1. The van der Waals surface area contributed by atoms with Gasteiger partial charge in [0.1, 0.15) is 17.1 Å². The van der Waals surface area contributed by atoms with Crippen molar-refractivity contribution in [3.05, 3.63) is 48.3 Å². The first-order chi connectivity index (χ1) is 13.1. The number of anilines is 1. The second kappa shape index (κ2) is 7.39. The average molecular weight is 366 g/mol. The molecule has 27 heavy (non-hydrogen) atoms. The van der Waals surface area contributed by atoms with Gasteiger partial charge in [0.15, 0.2) is 12.4 Å². The van der Waals surface area contributed by atoms with Crippen LogP contribution in [-0.4, -0.2) is 28.9 Å². The molecule has 4 rings (SSSR count). The second-order valence-corrected chi connectivity index (χ2v) is 7.18. The van der Waals surface area contributed by atoms with Gasteiger partial charge in [-0.15, -0.1) is 0 Å². The Hall–Kier alpha value is -2.89. The molecule has 1 aliphatic heterocycles. The molecule has 1 aromatic carbocycles. The SMILES string of the molecule is O=C(COc1ccc2c(c1)OC1(CCCCC1)CC2=O)Nc1cccnc1. The van der Waals surface area contributed by atoms with Gasteiger partial charge in [-0.25, -0.2) is 0 Å². The van der Waals surface area contributed by atoms with E-state index in [2.05, 4.69) is 10.3 Å². The molecule has 0 bridgehead atoms. The van der Waals surface area contributed by atoms with E-state index in [-0.39, 0.29) is 23.9 Å². The summed E-state index contributed by atoms with van der Waals surface area (Å²) in [6.07, 6.45) is 8.86. The van der Waals surface area contributed by atoms with Crippen LogP contribution in [0.4, 0.5) is 5.69 Å². The van der Waals surface area contributed by atoms with Gasteiger partial charge in [-0.2, -0.15) is 0 Å². The molecule has 6 heteroatoms. The van der Waals surface area contributed by atoms with Crippen molar-refractivity contribution < 1.29 is 19.1 Å². The molecule has 1 aromatic heterocycles. The van der Waals surface area contributed by atoms with Crippen LogP contribution in [0.3, 0.4) is 0 Å². The molecule has 0 radical (unpaired) electrons. The van der Waals surface area contributed by atoms with Crippen LogP contribution in [0, 0.1) is 0 Å². The molecule has 1 amide bonds. The van der Waals surface area contributed by atoms with Gasteiger partial charge in [0.2, 0.25) is 0 Å². The van der Waals surface area contributed by atoms with E-state index < -0.39 is 0 Å². The molecule has 1 aliphatic carbocycles. The highest BCUT2D eigenvalue weighted by Gasteiger charge is 2.41. The van der Waals surface area contributed by atoms with Crippen molar-refractivity contribution in [3.63, 3.8) is 0 Å². The number of carbonyl (C=O) groups excluding carboxylic acids is 2. The van der Waals surface area contributed by atoms with Crippen LogP contribution in [0.2, 0.25) is 0 Å². The quantitative estimate of drug-likeness (QED) is 0.891. The maximum atomic E-state index is 12.5. The van der Waals surface area contributed by atoms with Crippen molar-refractivity contribution in [3.8, 4) is 11.5 Å². The average Bonchev–Trinajstić information content (AvgIpc) is 2.67. The number of benzene rings is 1. The number of hydrogen-bond acceptors (Lipinski definition) is 5. The molecule has 2 aliphatic rings. The molecule has 1 spiro atoms. The molecular weight excluding hydrogens is 344 g/mol. The van der Waals surface area contributed by atoms with E-state index in [9.17, 15) is 9.59 Å². The van der Waals surface area contributed by atoms with Crippen molar-refractivity contribution in [1.29, 1.82) is 0 Å². The molecular formula is C21H22N2O4. The van der Waals surface area contributed by atoms with Crippen LogP contribution < -0.4 is 14.8 Å². The van der Waals surface area contributed by atoms with Gasteiger partial charge in [-0.05, 0) is 49.9 Å². The van der Waals surface area contributed by atoms with Gasteiger partial charge in [-0.1, -0.05) is 6.42 Å². The maximum Gasteiger partial charge on any atom is 0.262 e. The first-order valence-corrected chi connectivity index (χ1v) is 9.33. The molecule has 6 nitrogen and oxygen atoms in total. The standard InChI is InChI=1S/C21H22N2O4/c24-18-12-21(8-2-1-3-9-21)27-19-11-16(6-7-17(18)19)26-14-20(25)23-15-5-4-10-22-13-15/h4-7,10-11,13H,1-3,8-9,12,14H2,(H,23,25). The van der Waals surface area contributed by atoms with Crippen molar-refractivity contribution in [2.45, 2.75) is 44.1 Å². The Morgan fingerprint density at radius 1 is 1.22 bits per heavy atom. The van der Waals surface area contributed by atoms with E-state index in [0.717, 1.165) is 25.7 Å². The van der Waals surface area contributed by atoms with Crippen LogP contribution in [-0.2, 0) is 4.79 Å². The summed E-state index contributed by atoms with van der Waals surface area (Å²) in [5.41, 5.74) is 0.849. The van der Waals surface area contributed by atoms with Gasteiger partial charge in [-0.3, -0.25) is 14.6 Å². The minimum absolute atomic E-state index is 0.124. The van der Waals surface area contributed by atoms with Crippen LogP contribution >= 0.6 is 0 Å². The lowest BCUT2D eigenvalue weighted by molar-refractivity contribution is -0.118. The Morgan fingerprint density at radius 2 is 2.07 bits per heavy atom. The number of hydrogen-bond donors (Lipinski definition) is 1. The largest absolute Gasteiger partial charge is 0.486 e. The second-order valence-electron chi connectivity index (χ2n) is 7.18. The fraction of sp³-hybridized carbons (Fsp3) is 0.381. The third kappa shape index (κ3) is 3.94. The van der Waals surface area contributed by atoms with Crippen LogP contribution in [0.5, 0.6) is 11.5 Å². The summed E-state index contributed by atoms with van der Waals surface area (Å²) >= 11 is 0. The Labute approximate surface area is 157 Å². The molecule has 1 saturated carbocycles. The molecule has 2 heterocycles. The summed E-state index contributed by atoms with van der Waals surface area (Å²) in [7, 11) is 0. The Kier molecular flexibility index (Phi) is 4.79. The van der Waals surface area contributed by atoms with Gasteiger partial charge in [0.25, 0.3) is 5.91 Å². The first kappa shape index (κ1) is 17.5. The Bertz CT molecular complexity index is 845. The molecule has 0 unspecified atom stereocenters. The van der Waals surface area contributed by atoms with Crippen LogP contribution in [0.15, 0.2) is 42.7 Å². The zero-order valence-electron chi connectivity index (χ0n) is 15.1. The monoisotopic (exact) mass is 366 g/mol. The van der Waals surface area contributed by atoms with Gasteiger partial charge in [0, 0.05) is 12.3 Å². The third-order valence-corrected chi connectivity index (χ3v) is 5.14. The number of aromatic nitrogens is 1. The highest BCUT2D eigenvalue weighted by molar-refractivity contribution is 6.00. The summed E-state index contributed by atoms with van der Waals surface area (Å²) in [5, 5.41) is 2.72. The zero-order chi connectivity index (χ0) is 18.7. The summed E-state index contributed by atoms with van der Waals surface area (Å²) in [6, 6.07) is 8.65. The Balaban J connectivity index is 1.42. The summed E-state index contributed by atoms with van der Waals surface area (Å²) < 4.78 is 11.9. The summed E-state index contributed by atoms with van der Waals surface area (Å²) in [5.74, 6) is 0.926. The molecule has 0 atom stereocenters. The maximum absolute atomic E-state index is 12.5. The number of rotatable bonds is 4. The molecule has 0 saturated heterocycles. The minimum Gasteiger partial charge on any atom is -0.486 e. The first-order valence-electron chi connectivity index (χ1n) is 9.33.